The van der Waals surface area contributed by atoms with E-state index in [4.69, 9.17) is 0 Å². The minimum atomic E-state index is -2.56. The standard InChI is InChI=1S/C22H17F3O6/c1-7(26)14-13(28)6-9-4-8-5-11-10(18(23)22(24)25)2-3-12(27)17(11)21(31)15(8)20(30)16(9)19(14)29/h2-3,8-9,16,27,29,31H,4-6H2,1H3. The molecule has 3 unspecified atom stereocenters. The van der Waals surface area contributed by atoms with Crippen LogP contribution in [0.4, 0.5) is 13.2 Å². The van der Waals surface area contributed by atoms with Gasteiger partial charge in [-0.2, -0.15) is 8.78 Å². The minimum absolute atomic E-state index is 0.0749. The Morgan fingerprint density at radius 1 is 1.06 bits per heavy atom. The van der Waals surface area contributed by atoms with E-state index < -0.39 is 75.4 Å². The van der Waals surface area contributed by atoms with E-state index >= 15 is 0 Å². The summed E-state index contributed by atoms with van der Waals surface area (Å²) in [6, 6.07) is 1.90. The van der Waals surface area contributed by atoms with Gasteiger partial charge >= 0.3 is 6.08 Å². The average Bonchev–Trinajstić information content (AvgIpc) is 2.66. The smallest absolute Gasteiger partial charge is 0.306 e. The number of aromatic hydroxyl groups is 1. The number of carbonyl (C=O) groups excluding carboxylic acids is 3. The van der Waals surface area contributed by atoms with Crippen molar-refractivity contribution in [3.05, 3.63) is 51.8 Å². The third kappa shape index (κ3) is 2.98. The maximum atomic E-state index is 14.1. The maximum Gasteiger partial charge on any atom is 0.306 e. The molecule has 3 atom stereocenters. The van der Waals surface area contributed by atoms with Gasteiger partial charge in [-0.15, -0.1) is 0 Å². The van der Waals surface area contributed by atoms with Gasteiger partial charge < -0.3 is 15.3 Å². The summed E-state index contributed by atoms with van der Waals surface area (Å²) in [4.78, 5) is 37.3. The van der Waals surface area contributed by atoms with Crippen LogP contribution in [0.2, 0.25) is 0 Å². The third-order valence-electron chi connectivity index (χ3n) is 6.28. The van der Waals surface area contributed by atoms with Crippen molar-refractivity contribution in [2.45, 2.75) is 26.2 Å². The second-order valence-corrected chi connectivity index (χ2v) is 8.00. The predicted octanol–water partition coefficient (Wildman–Crippen LogP) is 3.95. The maximum absolute atomic E-state index is 14.1. The summed E-state index contributed by atoms with van der Waals surface area (Å²) in [6.45, 7) is 1.10. The molecular weight excluding hydrogens is 417 g/mol. The van der Waals surface area contributed by atoms with Gasteiger partial charge in [0.1, 0.15) is 17.3 Å². The van der Waals surface area contributed by atoms with Crippen molar-refractivity contribution in [1.82, 2.24) is 0 Å². The Morgan fingerprint density at radius 2 is 1.74 bits per heavy atom. The molecule has 0 amide bonds. The molecule has 6 nitrogen and oxygen atoms in total. The molecule has 3 aliphatic rings. The molecule has 0 aromatic heterocycles. The van der Waals surface area contributed by atoms with Gasteiger partial charge in [-0.05, 0) is 49.3 Å². The van der Waals surface area contributed by atoms with Gasteiger partial charge in [0.15, 0.2) is 23.2 Å². The van der Waals surface area contributed by atoms with Crippen LogP contribution in [0.15, 0.2) is 35.1 Å². The Morgan fingerprint density at radius 3 is 2.35 bits per heavy atom. The summed E-state index contributed by atoms with van der Waals surface area (Å²) in [7, 11) is 0. The molecule has 0 spiro atoms. The molecule has 31 heavy (non-hydrogen) atoms. The number of benzene rings is 1. The van der Waals surface area contributed by atoms with Crippen molar-refractivity contribution < 1.29 is 42.9 Å². The fraction of sp³-hybridized carbons (Fsp3) is 0.318. The van der Waals surface area contributed by atoms with Crippen LogP contribution in [0, 0.1) is 17.8 Å². The molecule has 1 fully saturated rings. The lowest BCUT2D eigenvalue weighted by molar-refractivity contribution is -0.127. The number of rotatable bonds is 2. The highest BCUT2D eigenvalue weighted by molar-refractivity contribution is 6.22. The summed E-state index contributed by atoms with van der Waals surface area (Å²) in [5.41, 5.74) is -1.49. The molecule has 0 heterocycles. The Kier molecular flexibility index (Phi) is 4.79. The molecule has 3 aliphatic carbocycles. The van der Waals surface area contributed by atoms with Gasteiger partial charge in [0.25, 0.3) is 0 Å². The lowest BCUT2D eigenvalue weighted by Gasteiger charge is -2.41. The normalized spacial score (nSPS) is 25.1. The van der Waals surface area contributed by atoms with E-state index in [2.05, 4.69) is 0 Å². The molecule has 0 radical (unpaired) electrons. The first-order chi connectivity index (χ1) is 14.5. The van der Waals surface area contributed by atoms with E-state index in [9.17, 15) is 42.9 Å². The van der Waals surface area contributed by atoms with E-state index in [1.807, 2.05) is 0 Å². The first-order valence-corrected chi connectivity index (χ1v) is 9.55. The first-order valence-electron chi connectivity index (χ1n) is 9.55. The van der Waals surface area contributed by atoms with E-state index in [0.29, 0.717) is 0 Å². The third-order valence-corrected chi connectivity index (χ3v) is 6.28. The zero-order chi connectivity index (χ0) is 22.8. The Hall–Kier alpha value is -3.36. The number of hydrogen-bond acceptors (Lipinski definition) is 6. The molecule has 9 heteroatoms. The van der Waals surface area contributed by atoms with Gasteiger partial charge in [-0.3, -0.25) is 14.4 Å². The summed E-state index contributed by atoms with van der Waals surface area (Å²) >= 11 is 0. The molecule has 0 bridgehead atoms. The van der Waals surface area contributed by atoms with Gasteiger partial charge in [-0.1, -0.05) is 0 Å². The molecule has 4 rings (SSSR count). The lowest BCUT2D eigenvalue weighted by atomic mass is 9.61. The summed E-state index contributed by atoms with van der Waals surface area (Å²) in [5, 5.41) is 31.5. The van der Waals surface area contributed by atoms with Crippen LogP contribution in [0.1, 0.15) is 36.5 Å². The number of phenols is 1. The van der Waals surface area contributed by atoms with E-state index in [-0.39, 0.29) is 36.0 Å². The fourth-order valence-corrected chi connectivity index (χ4v) is 5.06. The lowest BCUT2D eigenvalue weighted by Crippen LogP contribution is -2.43. The van der Waals surface area contributed by atoms with Gasteiger partial charge in [0, 0.05) is 17.6 Å². The molecular formula is C22H17F3O6. The van der Waals surface area contributed by atoms with Crippen LogP contribution in [-0.4, -0.2) is 32.7 Å². The second-order valence-electron chi connectivity index (χ2n) is 8.00. The van der Waals surface area contributed by atoms with E-state index in [1.54, 1.807) is 0 Å². The highest BCUT2D eigenvalue weighted by atomic mass is 19.3. The summed E-state index contributed by atoms with van der Waals surface area (Å²) < 4.78 is 39.9. The molecule has 3 N–H and O–H groups in total. The number of aliphatic hydroxyl groups is 2. The highest BCUT2D eigenvalue weighted by Gasteiger charge is 2.50. The number of phenolic OH excluding ortho intramolecular Hbond substituents is 1. The number of fused-ring (bicyclic) bond motifs is 3. The van der Waals surface area contributed by atoms with Gasteiger partial charge in [-0.25, -0.2) is 4.39 Å². The van der Waals surface area contributed by atoms with Crippen LogP contribution >= 0.6 is 0 Å². The van der Waals surface area contributed by atoms with E-state index in [1.165, 1.54) is 0 Å². The number of halogens is 3. The van der Waals surface area contributed by atoms with Crippen molar-refractivity contribution in [3.8, 4) is 5.75 Å². The van der Waals surface area contributed by atoms with E-state index in [0.717, 1.165) is 19.1 Å². The predicted molar refractivity (Wildman–Crippen MR) is 102 cm³/mol. The molecule has 1 aromatic rings. The van der Waals surface area contributed by atoms with Crippen molar-refractivity contribution in [2.24, 2.45) is 17.8 Å². The quantitative estimate of drug-likeness (QED) is 0.608. The number of Topliss-reactive ketones (excluding diaryl/α,β-unsaturated/α-hetero) is 3. The van der Waals surface area contributed by atoms with Crippen molar-refractivity contribution in [1.29, 1.82) is 0 Å². The Labute approximate surface area is 174 Å². The largest absolute Gasteiger partial charge is 0.511 e. The first kappa shape index (κ1) is 20.9. The van der Waals surface area contributed by atoms with Crippen LogP contribution in [-0.2, 0) is 20.8 Å². The van der Waals surface area contributed by atoms with Crippen molar-refractivity contribution in [2.75, 3.05) is 0 Å². The average molecular weight is 434 g/mol. The number of hydrogen-bond donors (Lipinski definition) is 3. The number of ketones is 3. The van der Waals surface area contributed by atoms with Gasteiger partial charge in [0.2, 0.25) is 0 Å². The highest BCUT2D eigenvalue weighted by Crippen LogP contribution is 2.51. The second kappa shape index (κ2) is 7.11. The Bertz CT molecular complexity index is 1160. The minimum Gasteiger partial charge on any atom is -0.511 e. The van der Waals surface area contributed by atoms with Gasteiger partial charge in [0.05, 0.1) is 17.1 Å². The monoisotopic (exact) mass is 434 g/mol. The fourth-order valence-electron chi connectivity index (χ4n) is 5.06. The van der Waals surface area contributed by atoms with Crippen LogP contribution in [0.3, 0.4) is 0 Å². The SMILES string of the molecule is CC(=O)C1=C(O)C2C(=O)C3=C(O)c4c(O)ccc(C(F)=C(F)F)c4CC3CC2CC1=O. The number of aliphatic hydroxyl groups excluding tert-OH is 2. The number of allylic oxidation sites excluding steroid dienone is 3. The molecule has 162 valence electrons. The summed E-state index contributed by atoms with van der Waals surface area (Å²) in [6.07, 6.45) is -2.75. The van der Waals surface area contributed by atoms with Crippen LogP contribution in [0.5, 0.6) is 5.75 Å². The van der Waals surface area contributed by atoms with Crippen LogP contribution in [0.25, 0.3) is 11.6 Å². The molecule has 1 saturated carbocycles. The topological polar surface area (TPSA) is 112 Å². The zero-order valence-corrected chi connectivity index (χ0v) is 16.2. The van der Waals surface area contributed by atoms with Crippen molar-refractivity contribution >= 4 is 28.9 Å². The molecule has 1 aromatic carbocycles. The van der Waals surface area contributed by atoms with Crippen molar-refractivity contribution in [3.63, 3.8) is 0 Å². The molecule has 0 aliphatic heterocycles. The summed E-state index contributed by atoms with van der Waals surface area (Å²) in [5.74, 6) is -8.26. The zero-order valence-electron chi connectivity index (χ0n) is 16.2. The Balaban J connectivity index is 1.91. The van der Waals surface area contributed by atoms with Crippen LogP contribution < -0.4 is 0 Å². The molecule has 0 saturated heterocycles. The number of carbonyl (C=O) groups is 3.